The molecule has 6 nitrogen and oxygen atoms in total. The van der Waals surface area contributed by atoms with Crippen LogP contribution in [0, 0.1) is 0 Å². The Labute approximate surface area is 129 Å². The number of methoxy groups -OCH3 is 1. The highest BCUT2D eigenvalue weighted by atomic mass is 16.5. The number of rotatable bonds is 5. The van der Waals surface area contributed by atoms with Crippen molar-refractivity contribution >= 4 is 6.29 Å². The van der Waals surface area contributed by atoms with Crippen LogP contribution in [-0.2, 0) is 11.3 Å². The summed E-state index contributed by atoms with van der Waals surface area (Å²) in [4.78, 5) is 13.5. The summed E-state index contributed by atoms with van der Waals surface area (Å²) in [5.41, 5.74) is 2.33. The molecule has 3 rings (SSSR count). The number of ether oxygens (including phenoxy) is 2. The fourth-order valence-electron chi connectivity index (χ4n) is 2.48. The van der Waals surface area contributed by atoms with E-state index in [0.717, 1.165) is 49.7 Å². The molecular weight excluding hydrogens is 282 g/mol. The third kappa shape index (κ3) is 3.18. The minimum absolute atomic E-state index is 0.627. The molecule has 0 spiro atoms. The van der Waals surface area contributed by atoms with Crippen molar-refractivity contribution in [2.24, 2.45) is 0 Å². The summed E-state index contributed by atoms with van der Waals surface area (Å²) in [6.45, 7) is 3.87. The Hall–Kier alpha value is -2.18. The fourth-order valence-corrected chi connectivity index (χ4v) is 2.48. The van der Waals surface area contributed by atoms with E-state index >= 15 is 0 Å². The predicted octanol–water partition coefficient (Wildman–Crippen LogP) is 1.53. The van der Waals surface area contributed by atoms with Crippen LogP contribution in [0.3, 0.4) is 0 Å². The second-order valence-electron chi connectivity index (χ2n) is 5.18. The zero-order valence-electron chi connectivity index (χ0n) is 12.6. The SMILES string of the molecule is COc1ccc(-n2cc(C=O)c(CN3CCOCC3)n2)cc1. The molecule has 1 saturated heterocycles. The van der Waals surface area contributed by atoms with E-state index in [-0.39, 0.29) is 0 Å². The van der Waals surface area contributed by atoms with E-state index in [9.17, 15) is 4.79 Å². The maximum atomic E-state index is 11.3. The van der Waals surface area contributed by atoms with E-state index in [2.05, 4.69) is 10.00 Å². The molecule has 1 fully saturated rings. The maximum Gasteiger partial charge on any atom is 0.153 e. The molecule has 1 aromatic carbocycles. The molecule has 1 aliphatic rings. The van der Waals surface area contributed by atoms with E-state index in [4.69, 9.17) is 9.47 Å². The standard InChI is InChI=1S/C16H19N3O3/c1-21-15-4-2-14(3-5-15)19-10-13(12-20)16(17-19)11-18-6-8-22-9-7-18/h2-5,10,12H,6-9,11H2,1H3. The first-order valence-corrected chi connectivity index (χ1v) is 7.28. The van der Waals surface area contributed by atoms with Crippen molar-refractivity contribution in [3.05, 3.63) is 41.7 Å². The first-order chi connectivity index (χ1) is 10.8. The molecular formula is C16H19N3O3. The smallest absolute Gasteiger partial charge is 0.153 e. The van der Waals surface area contributed by atoms with E-state index in [1.54, 1.807) is 18.0 Å². The Morgan fingerprint density at radius 2 is 2.00 bits per heavy atom. The van der Waals surface area contributed by atoms with Crippen LogP contribution in [0.5, 0.6) is 5.75 Å². The average molecular weight is 301 g/mol. The number of aldehydes is 1. The Morgan fingerprint density at radius 1 is 1.27 bits per heavy atom. The molecule has 0 N–H and O–H groups in total. The van der Waals surface area contributed by atoms with Crippen LogP contribution < -0.4 is 4.74 Å². The van der Waals surface area contributed by atoms with Crippen molar-refractivity contribution in [2.75, 3.05) is 33.4 Å². The highest BCUT2D eigenvalue weighted by molar-refractivity contribution is 5.76. The lowest BCUT2D eigenvalue weighted by Crippen LogP contribution is -2.36. The first-order valence-electron chi connectivity index (χ1n) is 7.28. The molecule has 2 aromatic rings. The Bertz CT molecular complexity index is 631. The number of carbonyl (C=O) groups is 1. The van der Waals surface area contributed by atoms with Crippen molar-refractivity contribution in [1.82, 2.24) is 14.7 Å². The van der Waals surface area contributed by atoms with Crippen molar-refractivity contribution in [1.29, 1.82) is 0 Å². The average Bonchev–Trinajstić information content (AvgIpc) is 2.99. The Morgan fingerprint density at radius 3 is 2.64 bits per heavy atom. The number of hydrogen-bond acceptors (Lipinski definition) is 5. The van der Waals surface area contributed by atoms with Crippen LogP contribution in [0.2, 0.25) is 0 Å². The Kier molecular flexibility index (Phi) is 4.50. The normalized spacial score (nSPS) is 15.7. The molecule has 116 valence electrons. The summed E-state index contributed by atoms with van der Waals surface area (Å²) in [6, 6.07) is 7.58. The van der Waals surface area contributed by atoms with Gasteiger partial charge in [-0.05, 0) is 24.3 Å². The topological polar surface area (TPSA) is 56.6 Å². The van der Waals surface area contributed by atoms with Gasteiger partial charge in [0.1, 0.15) is 5.75 Å². The van der Waals surface area contributed by atoms with Crippen molar-refractivity contribution < 1.29 is 14.3 Å². The minimum atomic E-state index is 0.627. The lowest BCUT2D eigenvalue weighted by atomic mass is 10.2. The van der Waals surface area contributed by atoms with E-state index in [1.165, 1.54) is 0 Å². The third-order valence-electron chi connectivity index (χ3n) is 3.76. The molecule has 0 unspecified atom stereocenters. The van der Waals surface area contributed by atoms with Gasteiger partial charge in [0, 0.05) is 25.8 Å². The number of benzene rings is 1. The van der Waals surface area contributed by atoms with Crippen molar-refractivity contribution in [3.63, 3.8) is 0 Å². The first kappa shape index (κ1) is 14.7. The highest BCUT2D eigenvalue weighted by Crippen LogP contribution is 2.17. The lowest BCUT2D eigenvalue weighted by Gasteiger charge is -2.25. The molecule has 22 heavy (non-hydrogen) atoms. The number of morpholine rings is 1. The third-order valence-corrected chi connectivity index (χ3v) is 3.76. The summed E-state index contributed by atoms with van der Waals surface area (Å²) >= 11 is 0. The summed E-state index contributed by atoms with van der Waals surface area (Å²) in [5.74, 6) is 0.792. The summed E-state index contributed by atoms with van der Waals surface area (Å²) in [6.07, 6.45) is 2.63. The van der Waals surface area contributed by atoms with Gasteiger partial charge >= 0.3 is 0 Å². The van der Waals surface area contributed by atoms with Gasteiger partial charge in [0.25, 0.3) is 0 Å². The minimum Gasteiger partial charge on any atom is -0.497 e. The molecule has 2 heterocycles. The number of nitrogens with zero attached hydrogens (tertiary/aromatic N) is 3. The van der Waals surface area contributed by atoms with E-state index in [0.29, 0.717) is 12.1 Å². The van der Waals surface area contributed by atoms with E-state index < -0.39 is 0 Å². The Balaban J connectivity index is 1.81. The fraction of sp³-hybridized carbons (Fsp3) is 0.375. The van der Waals surface area contributed by atoms with Crippen LogP contribution >= 0.6 is 0 Å². The van der Waals surface area contributed by atoms with Crippen molar-refractivity contribution in [3.8, 4) is 11.4 Å². The largest absolute Gasteiger partial charge is 0.497 e. The summed E-state index contributed by atoms with van der Waals surface area (Å²) < 4.78 is 12.2. The molecule has 0 radical (unpaired) electrons. The van der Waals surface area contributed by atoms with Gasteiger partial charge in [0.15, 0.2) is 6.29 Å². The molecule has 6 heteroatoms. The van der Waals surface area contributed by atoms with Gasteiger partial charge in [-0.3, -0.25) is 9.69 Å². The molecule has 1 aromatic heterocycles. The molecule has 1 aliphatic heterocycles. The van der Waals surface area contributed by atoms with Gasteiger partial charge in [-0.15, -0.1) is 0 Å². The second kappa shape index (κ2) is 6.72. The van der Waals surface area contributed by atoms with Gasteiger partial charge in [-0.2, -0.15) is 5.10 Å². The van der Waals surface area contributed by atoms with Gasteiger partial charge < -0.3 is 9.47 Å². The zero-order valence-corrected chi connectivity index (χ0v) is 12.6. The summed E-state index contributed by atoms with van der Waals surface area (Å²) in [5, 5.41) is 4.56. The number of aromatic nitrogens is 2. The van der Waals surface area contributed by atoms with Crippen molar-refractivity contribution in [2.45, 2.75) is 6.54 Å². The van der Waals surface area contributed by atoms with Gasteiger partial charge in [0.2, 0.25) is 0 Å². The zero-order chi connectivity index (χ0) is 15.4. The van der Waals surface area contributed by atoms with Gasteiger partial charge in [0.05, 0.1) is 37.3 Å². The van der Waals surface area contributed by atoms with E-state index in [1.807, 2.05) is 24.3 Å². The molecule has 0 atom stereocenters. The molecule has 0 saturated carbocycles. The maximum absolute atomic E-state index is 11.3. The lowest BCUT2D eigenvalue weighted by molar-refractivity contribution is 0.0335. The van der Waals surface area contributed by atoms with Crippen LogP contribution in [0.25, 0.3) is 5.69 Å². The second-order valence-corrected chi connectivity index (χ2v) is 5.18. The van der Waals surface area contributed by atoms with Gasteiger partial charge in [-0.1, -0.05) is 0 Å². The summed E-state index contributed by atoms with van der Waals surface area (Å²) in [7, 11) is 1.63. The molecule has 0 aliphatic carbocycles. The predicted molar refractivity (Wildman–Crippen MR) is 81.6 cm³/mol. The van der Waals surface area contributed by atoms with Crippen LogP contribution in [0.1, 0.15) is 16.1 Å². The van der Waals surface area contributed by atoms with Crippen LogP contribution in [-0.4, -0.2) is 54.4 Å². The quantitative estimate of drug-likeness (QED) is 0.784. The number of hydrogen-bond donors (Lipinski definition) is 0. The van der Waals surface area contributed by atoms with Gasteiger partial charge in [-0.25, -0.2) is 4.68 Å². The highest BCUT2D eigenvalue weighted by Gasteiger charge is 2.16. The van der Waals surface area contributed by atoms with Crippen LogP contribution in [0.4, 0.5) is 0 Å². The molecule has 0 amide bonds. The molecule has 0 bridgehead atoms. The van der Waals surface area contributed by atoms with Crippen LogP contribution in [0.15, 0.2) is 30.5 Å². The monoisotopic (exact) mass is 301 g/mol. The number of carbonyl (C=O) groups excluding carboxylic acids is 1.